The molecule has 0 amide bonds. The third-order valence-electron chi connectivity index (χ3n) is 1.32. The molecule has 82 valence electrons. The zero-order valence-corrected chi connectivity index (χ0v) is 12.1. The van der Waals surface area contributed by atoms with E-state index in [1.807, 2.05) is 0 Å². The van der Waals surface area contributed by atoms with Gasteiger partial charge in [0.1, 0.15) is 0 Å². The third-order valence-corrected chi connectivity index (χ3v) is 3.62. The third kappa shape index (κ3) is 16.0. The van der Waals surface area contributed by atoms with Crippen LogP contribution in [0.15, 0.2) is 0 Å². The number of hydrogen-bond donors (Lipinski definition) is 3. The minimum absolute atomic E-state index is 0. The first-order valence-corrected chi connectivity index (χ1v) is 8.75. The fraction of sp³-hybridized carbons (Fsp3) is 1.00. The molecule has 0 spiro atoms. The Morgan fingerprint density at radius 2 is 1.77 bits per heavy atom. The molecule has 7 heteroatoms. The Hall–Kier alpha value is 1.27. The molecule has 0 rings (SSSR count). The Morgan fingerprint density at radius 3 is 2.08 bits per heavy atom. The van der Waals surface area contributed by atoms with Gasteiger partial charge in [-0.05, 0) is 6.42 Å². The highest BCUT2D eigenvalue weighted by Gasteiger charge is 2.17. The van der Waals surface area contributed by atoms with Gasteiger partial charge in [0.05, 0.1) is 6.16 Å². The molecule has 0 radical (unpaired) electrons. The first-order chi connectivity index (χ1) is 5.21. The lowest BCUT2D eigenvalue weighted by Gasteiger charge is -2.11. The van der Waals surface area contributed by atoms with E-state index in [1.165, 1.54) is 0 Å². The molecule has 0 aliphatic carbocycles. The molecule has 3 N–H and O–H groups in total. The summed E-state index contributed by atoms with van der Waals surface area (Å²) >= 11 is 0. The van der Waals surface area contributed by atoms with Crippen molar-refractivity contribution in [1.29, 1.82) is 0 Å². The minimum atomic E-state index is -3.99. The summed E-state index contributed by atoms with van der Waals surface area (Å²) in [5.41, 5.74) is 0. The SMILES string of the molecule is C[P+](C)(C)CCCNP(=O)(O)O.[I-]. The summed E-state index contributed by atoms with van der Waals surface area (Å²) in [6, 6.07) is 0. The second-order valence-corrected chi connectivity index (χ2v) is 10.3. The molecule has 0 unspecified atom stereocenters. The van der Waals surface area contributed by atoms with E-state index in [9.17, 15) is 4.57 Å². The molecule has 0 aliphatic heterocycles. The molecular formula is C6H18INO3P2. The molecular weight excluding hydrogens is 323 g/mol. The lowest BCUT2D eigenvalue weighted by molar-refractivity contribution is -0.00000853. The van der Waals surface area contributed by atoms with Crippen LogP contribution in [0.1, 0.15) is 6.42 Å². The summed E-state index contributed by atoms with van der Waals surface area (Å²) in [5, 5.41) is 2.18. The number of rotatable bonds is 5. The average molecular weight is 341 g/mol. The van der Waals surface area contributed by atoms with E-state index >= 15 is 0 Å². The summed E-state index contributed by atoms with van der Waals surface area (Å²) in [4.78, 5) is 16.9. The van der Waals surface area contributed by atoms with E-state index in [-0.39, 0.29) is 24.0 Å². The molecule has 13 heavy (non-hydrogen) atoms. The van der Waals surface area contributed by atoms with Crippen molar-refractivity contribution in [2.75, 3.05) is 32.7 Å². The van der Waals surface area contributed by atoms with Crippen LogP contribution in [0.5, 0.6) is 0 Å². The second kappa shape index (κ2) is 6.70. The first kappa shape index (κ1) is 16.7. The number of hydrogen-bond acceptors (Lipinski definition) is 1. The van der Waals surface area contributed by atoms with E-state index in [0.717, 1.165) is 12.6 Å². The molecule has 0 fully saturated rings. The summed E-state index contributed by atoms with van der Waals surface area (Å²) in [7, 11) is -4.78. The van der Waals surface area contributed by atoms with Crippen LogP contribution in [-0.4, -0.2) is 42.5 Å². The van der Waals surface area contributed by atoms with Crippen molar-refractivity contribution in [2.24, 2.45) is 0 Å². The molecule has 0 saturated carbocycles. The molecule has 4 nitrogen and oxygen atoms in total. The van der Waals surface area contributed by atoms with Gasteiger partial charge in [0.25, 0.3) is 0 Å². The molecule has 0 atom stereocenters. The summed E-state index contributed by atoms with van der Waals surface area (Å²) in [6.45, 7) is 7.04. The van der Waals surface area contributed by atoms with Gasteiger partial charge in [-0.1, -0.05) is 0 Å². The fourth-order valence-corrected chi connectivity index (χ4v) is 2.33. The van der Waals surface area contributed by atoms with E-state index in [4.69, 9.17) is 9.79 Å². The van der Waals surface area contributed by atoms with Crippen molar-refractivity contribution in [1.82, 2.24) is 5.09 Å². The van der Waals surface area contributed by atoms with Gasteiger partial charge >= 0.3 is 7.75 Å². The van der Waals surface area contributed by atoms with Crippen molar-refractivity contribution in [3.63, 3.8) is 0 Å². The van der Waals surface area contributed by atoms with Crippen molar-refractivity contribution < 1.29 is 38.3 Å². The van der Waals surface area contributed by atoms with Crippen LogP contribution in [0, 0.1) is 0 Å². The van der Waals surface area contributed by atoms with Crippen molar-refractivity contribution >= 4 is 15.0 Å². The summed E-state index contributed by atoms with van der Waals surface area (Å²) < 4.78 is 10.3. The van der Waals surface area contributed by atoms with Gasteiger partial charge in [0.2, 0.25) is 0 Å². The largest absolute Gasteiger partial charge is 1.00 e. The van der Waals surface area contributed by atoms with Crippen LogP contribution < -0.4 is 29.1 Å². The average Bonchev–Trinajstić information content (AvgIpc) is 1.76. The van der Waals surface area contributed by atoms with Crippen LogP contribution >= 0.6 is 15.0 Å². The zero-order valence-electron chi connectivity index (χ0n) is 8.20. The molecule has 0 aromatic carbocycles. The van der Waals surface area contributed by atoms with Crippen LogP contribution in [0.4, 0.5) is 0 Å². The van der Waals surface area contributed by atoms with Crippen LogP contribution in [-0.2, 0) is 4.57 Å². The van der Waals surface area contributed by atoms with Gasteiger partial charge < -0.3 is 33.8 Å². The first-order valence-electron chi connectivity index (χ1n) is 3.82. The van der Waals surface area contributed by atoms with Crippen molar-refractivity contribution in [2.45, 2.75) is 6.42 Å². The molecule has 0 aromatic heterocycles. The van der Waals surface area contributed by atoms with E-state index in [0.29, 0.717) is 6.54 Å². The summed E-state index contributed by atoms with van der Waals surface area (Å²) in [6.07, 6.45) is 1.91. The molecule has 0 aromatic rings. The highest BCUT2D eigenvalue weighted by atomic mass is 127. The Morgan fingerprint density at radius 1 is 1.31 bits per heavy atom. The van der Waals surface area contributed by atoms with Gasteiger partial charge in [0, 0.05) is 33.8 Å². The van der Waals surface area contributed by atoms with E-state index in [1.54, 1.807) is 0 Å². The molecule has 0 saturated heterocycles. The van der Waals surface area contributed by atoms with Crippen molar-refractivity contribution in [3.05, 3.63) is 0 Å². The number of halogens is 1. The highest BCUT2D eigenvalue weighted by molar-refractivity contribution is 7.73. The monoisotopic (exact) mass is 341 g/mol. The predicted molar refractivity (Wildman–Crippen MR) is 54.2 cm³/mol. The Labute approximate surface area is 97.4 Å². The van der Waals surface area contributed by atoms with Gasteiger partial charge in [0.15, 0.2) is 0 Å². The fourth-order valence-electron chi connectivity index (χ4n) is 0.778. The molecule has 0 bridgehead atoms. The van der Waals surface area contributed by atoms with Crippen LogP contribution in [0.2, 0.25) is 0 Å². The standard InChI is InChI=1S/C6H17NO3P2.HI/c1-11(2,3)6-4-5-7-12(8,9)10;/h4-6H2,1-3H3,(H2-,7,8,9,10);1H. The van der Waals surface area contributed by atoms with Crippen molar-refractivity contribution in [3.8, 4) is 0 Å². The smallest absolute Gasteiger partial charge is 0.400 e. The summed E-state index contributed by atoms with van der Waals surface area (Å²) in [5.74, 6) is 0. The second-order valence-electron chi connectivity index (χ2n) is 3.82. The van der Waals surface area contributed by atoms with E-state index < -0.39 is 15.0 Å². The maximum absolute atomic E-state index is 10.3. The van der Waals surface area contributed by atoms with Gasteiger partial charge in [-0.2, -0.15) is 0 Å². The topological polar surface area (TPSA) is 69.6 Å². The zero-order chi connectivity index (χ0) is 9.83. The highest BCUT2D eigenvalue weighted by Crippen LogP contribution is 2.46. The lowest BCUT2D eigenvalue weighted by Crippen LogP contribution is -3.00. The van der Waals surface area contributed by atoms with Gasteiger partial charge in [-0.3, -0.25) is 0 Å². The maximum atomic E-state index is 10.3. The minimum Gasteiger partial charge on any atom is -1.00 e. The van der Waals surface area contributed by atoms with Crippen LogP contribution in [0.3, 0.4) is 0 Å². The maximum Gasteiger partial charge on any atom is 0.400 e. The van der Waals surface area contributed by atoms with Gasteiger partial charge in [-0.25, -0.2) is 9.65 Å². The lowest BCUT2D eigenvalue weighted by atomic mass is 10.5. The van der Waals surface area contributed by atoms with Crippen LogP contribution in [0.25, 0.3) is 0 Å². The van der Waals surface area contributed by atoms with Gasteiger partial charge in [-0.15, -0.1) is 0 Å². The Balaban J connectivity index is 0. The number of nitrogens with one attached hydrogen (secondary N) is 1. The Kier molecular flexibility index (Phi) is 8.60. The predicted octanol–water partition coefficient (Wildman–Crippen LogP) is -2.03. The molecule has 0 aliphatic rings. The Bertz CT molecular complexity index is 177. The normalized spacial score (nSPS) is 12.4. The quantitative estimate of drug-likeness (QED) is 0.307. The van der Waals surface area contributed by atoms with E-state index in [2.05, 4.69) is 25.1 Å². The molecule has 0 heterocycles.